The second kappa shape index (κ2) is 5.97. The van der Waals surface area contributed by atoms with Crippen molar-refractivity contribution in [2.24, 2.45) is 17.8 Å². The first kappa shape index (κ1) is 16.6. The number of para-hydroxylation sites is 1. The Kier molecular flexibility index (Phi) is 3.67. The molecular formula is C20H23N3O4. The number of hydrogen-bond donors (Lipinski definition) is 2. The van der Waals surface area contributed by atoms with E-state index in [1.807, 2.05) is 18.2 Å². The molecule has 1 saturated heterocycles. The van der Waals surface area contributed by atoms with Gasteiger partial charge in [-0.05, 0) is 37.3 Å². The van der Waals surface area contributed by atoms with E-state index in [9.17, 15) is 14.4 Å². The normalized spacial score (nSPS) is 34.5. The maximum absolute atomic E-state index is 13.0. The molecule has 2 aliphatic heterocycles. The molecule has 1 aromatic rings. The van der Waals surface area contributed by atoms with Gasteiger partial charge in [-0.1, -0.05) is 12.1 Å². The molecule has 1 spiro atoms. The fourth-order valence-corrected chi connectivity index (χ4v) is 5.32. The summed E-state index contributed by atoms with van der Waals surface area (Å²) in [6, 6.07) is 7.32. The van der Waals surface area contributed by atoms with Gasteiger partial charge in [0.05, 0.1) is 12.1 Å². The Morgan fingerprint density at radius 2 is 2.07 bits per heavy atom. The Labute approximate surface area is 157 Å². The smallest absolute Gasteiger partial charge is 0.258 e. The third-order valence-electron chi connectivity index (χ3n) is 6.63. The van der Waals surface area contributed by atoms with Crippen molar-refractivity contribution < 1.29 is 19.1 Å². The maximum Gasteiger partial charge on any atom is 0.258 e. The van der Waals surface area contributed by atoms with Crippen LogP contribution in [0.4, 0.5) is 0 Å². The third-order valence-corrected chi connectivity index (χ3v) is 6.63. The molecule has 27 heavy (non-hydrogen) atoms. The quantitative estimate of drug-likeness (QED) is 0.770. The molecule has 5 aliphatic rings. The van der Waals surface area contributed by atoms with Crippen LogP contribution in [-0.4, -0.2) is 48.0 Å². The highest BCUT2D eigenvalue weighted by Gasteiger charge is 2.57. The van der Waals surface area contributed by atoms with Crippen LogP contribution in [0, 0.1) is 17.8 Å². The number of benzene rings is 1. The summed E-state index contributed by atoms with van der Waals surface area (Å²) in [7, 11) is 0. The third kappa shape index (κ3) is 2.59. The number of fused-ring (bicyclic) bond motifs is 3. The summed E-state index contributed by atoms with van der Waals surface area (Å²) in [6.07, 6.45) is 3.25. The van der Waals surface area contributed by atoms with E-state index in [4.69, 9.17) is 4.74 Å². The molecule has 2 heterocycles. The molecule has 2 bridgehead atoms. The number of ether oxygens (including phenoxy) is 1. The topological polar surface area (TPSA) is 87.7 Å². The molecule has 3 saturated carbocycles. The first-order valence-electron chi connectivity index (χ1n) is 9.72. The lowest BCUT2D eigenvalue weighted by Crippen LogP contribution is -2.67. The van der Waals surface area contributed by atoms with Crippen molar-refractivity contribution in [1.82, 2.24) is 15.5 Å². The predicted molar refractivity (Wildman–Crippen MR) is 95.8 cm³/mol. The second-order valence-corrected chi connectivity index (χ2v) is 8.13. The summed E-state index contributed by atoms with van der Waals surface area (Å²) in [6.45, 7) is 1.24. The van der Waals surface area contributed by atoms with Gasteiger partial charge in [-0.25, -0.2) is 0 Å². The van der Waals surface area contributed by atoms with Gasteiger partial charge in [0.25, 0.3) is 5.91 Å². The summed E-state index contributed by atoms with van der Waals surface area (Å²) in [5, 5.41) is 5.88. The summed E-state index contributed by atoms with van der Waals surface area (Å²) in [5.74, 6) is 0.705. The number of piperazine rings is 1. The van der Waals surface area contributed by atoms with Crippen LogP contribution in [0.15, 0.2) is 24.3 Å². The number of carbonyl (C=O) groups excluding carboxylic acids is 3. The first-order valence-corrected chi connectivity index (χ1v) is 9.72. The molecule has 7 nitrogen and oxygen atoms in total. The molecule has 4 atom stereocenters. The molecule has 3 amide bonds. The monoisotopic (exact) mass is 369 g/mol. The molecular weight excluding hydrogens is 346 g/mol. The van der Waals surface area contributed by atoms with Gasteiger partial charge in [-0.2, -0.15) is 0 Å². The van der Waals surface area contributed by atoms with Gasteiger partial charge in [0.2, 0.25) is 11.8 Å². The maximum atomic E-state index is 13.0. The van der Waals surface area contributed by atoms with Gasteiger partial charge >= 0.3 is 0 Å². The van der Waals surface area contributed by atoms with Crippen molar-refractivity contribution in [3.63, 3.8) is 0 Å². The molecule has 3 aliphatic carbocycles. The lowest BCUT2D eigenvalue weighted by molar-refractivity contribution is -0.158. The highest BCUT2D eigenvalue weighted by molar-refractivity contribution is 5.98. The molecule has 4 fully saturated rings. The first-order chi connectivity index (χ1) is 13.1. The van der Waals surface area contributed by atoms with Gasteiger partial charge in [-0.3, -0.25) is 14.4 Å². The van der Waals surface area contributed by atoms with E-state index in [0.29, 0.717) is 37.2 Å². The van der Waals surface area contributed by atoms with Crippen LogP contribution in [-0.2, 0) is 9.59 Å². The number of nitrogens with zero attached hydrogens (tertiary/aromatic N) is 1. The zero-order chi connectivity index (χ0) is 18.6. The van der Waals surface area contributed by atoms with Gasteiger partial charge in [0.15, 0.2) is 5.72 Å². The van der Waals surface area contributed by atoms with E-state index < -0.39 is 5.72 Å². The van der Waals surface area contributed by atoms with E-state index in [0.717, 1.165) is 12.8 Å². The molecule has 142 valence electrons. The van der Waals surface area contributed by atoms with Crippen molar-refractivity contribution in [2.45, 2.75) is 31.4 Å². The highest BCUT2D eigenvalue weighted by atomic mass is 16.5. The minimum Gasteiger partial charge on any atom is -0.467 e. The van der Waals surface area contributed by atoms with Crippen molar-refractivity contribution in [3.8, 4) is 5.75 Å². The van der Waals surface area contributed by atoms with E-state index >= 15 is 0 Å². The predicted octanol–water partition coefficient (Wildman–Crippen LogP) is 0.900. The molecule has 1 aromatic carbocycles. The van der Waals surface area contributed by atoms with Crippen LogP contribution in [0.2, 0.25) is 0 Å². The Hall–Kier alpha value is -2.57. The van der Waals surface area contributed by atoms with Gasteiger partial charge in [0.1, 0.15) is 5.75 Å². The molecule has 6 rings (SSSR count). The van der Waals surface area contributed by atoms with Gasteiger partial charge in [0, 0.05) is 31.3 Å². The van der Waals surface area contributed by atoms with Crippen LogP contribution >= 0.6 is 0 Å². The Morgan fingerprint density at radius 3 is 2.85 bits per heavy atom. The summed E-state index contributed by atoms with van der Waals surface area (Å²) in [4.78, 5) is 39.0. The van der Waals surface area contributed by atoms with Crippen molar-refractivity contribution in [3.05, 3.63) is 29.8 Å². The Bertz CT molecular complexity index is 825. The highest BCUT2D eigenvalue weighted by Crippen LogP contribution is 2.52. The Morgan fingerprint density at radius 1 is 1.22 bits per heavy atom. The number of amides is 3. The lowest BCUT2D eigenvalue weighted by Gasteiger charge is -2.55. The van der Waals surface area contributed by atoms with Crippen LogP contribution in [0.1, 0.15) is 36.0 Å². The van der Waals surface area contributed by atoms with Crippen LogP contribution < -0.4 is 15.4 Å². The van der Waals surface area contributed by atoms with Crippen LogP contribution in [0.5, 0.6) is 5.75 Å². The van der Waals surface area contributed by atoms with Crippen molar-refractivity contribution in [2.75, 3.05) is 19.6 Å². The summed E-state index contributed by atoms with van der Waals surface area (Å²) < 4.78 is 6.33. The van der Waals surface area contributed by atoms with Crippen LogP contribution in [0.25, 0.3) is 0 Å². The molecule has 2 N–H and O–H groups in total. The second-order valence-electron chi connectivity index (χ2n) is 8.13. The number of hydrogen-bond acceptors (Lipinski definition) is 4. The Balaban J connectivity index is 1.37. The van der Waals surface area contributed by atoms with E-state index in [1.165, 1.54) is 0 Å². The number of carbonyl (C=O) groups is 3. The molecule has 0 radical (unpaired) electrons. The lowest BCUT2D eigenvalue weighted by atomic mass is 9.59. The molecule has 0 aromatic heterocycles. The minimum absolute atomic E-state index is 0.0805. The molecule has 0 unspecified atom stereocenters. The van der Waals surface area contributed by atoms with Gasteiger partial charge in [-0.15, -0.1) is 0 Å². The fraction of sp³-hybridized carbons (Fsp3) is 0.550. The number of rotatable bonds is 1. The van der Waals surface area contributed by atoms with E-state index in [-0.39, 0.29) is 42.0 Å². The number of nitrogens with one attached hydrogen (secondary N) is 2. The fourth-order valence-electron chi connectivity index (χ4n) is 5.32. The van der Waals surface area contributed by atoms with Crippen molar-refractivity contribution in [1.29, 1.82) is 0 Å². The SMILES string of the molecule is O=C1CN(C(=O)[C@@H]2C[C@H]3CC[C@H]2C[C@@]32NC(=O)c3ccccc3O2)CCN1. The zero-order valence-electron chi connectivity index (χ0n) is 15.1. The standard InChI is InChI=1S/C20H23N3O4/c24-17-11-23(8-7-21-17)19(26)15-9-13-6-5-12(15)10-20(13)22-18(25)14-3-1-2-4-16(14)27-20/h1-4,12-13,15H,5-11H2,(H,21,24)(H,22,25)/t12-,13+,15+,20-/m0/s1. The largest absolute Gasteiger partial charge is 0.467 e. The summed E-state index contributed by atoms with van der Waals surface area (Å²) in [5.41, 5.74) is -0.138. The zero-order valence-corrected chi connectivity index (χ0v) is 15.1. The van der Waals surface area contributed by atoms with E-state index in [2.05, 4.69) is 10.6 Å². The van der Waals surface area contributed by atoms with Crippen molar-refractivity contribution >= 4 is 17.7 Å². The average molecular weight is 369 g/mol. The van der Waals surface area contributed by atoms with E-state index in [1.54, 1.807) is 11.0 Å². The minimum atomic E-state index is -0.704. The van der Waals surface area contributed by atoms with Crippen LogP contribution in [0.3, 0.4) is 0 Å². The van der Waals surface area contributed by atoms with Gasteiger partial charge < -0.3 is 20.3 Å². The average Bonchev–Trinajstić information content (AvgIpc) is 2.68. The summed E-state index contributed by atoms with van der Waals surface area (Å²) >= 11 is 0. The molecule has 7 heteroatoms.